The van der Waals surface area contributed by atoms with E-state index in [1.165, 1.54) is 24.8 Å². The average Bonchev–Trinajstić information content (AvgIpc) is 2.49. The second kappa shape index (κ2) is 7.70. The van der Waals surface area contributed by atoms with Gasteiger partial charge in [-0.3, -0.25) is 4.98 Å². The molecule has 100 valence electrons. The molecule has 0 spiro atoms. The van der Waals surface area contributed by atoms with E-state index in [4.69, 9.17) is 0 Å². The van der Waals surface area contributed by atoms with Crippen LogP contribution in [-0.4, -0.2) is 4.98 Å². The van der Waals surface area contributed by atoms with Gasteiger partial charge in [0.25, 0.3) is 0 Å². The first kappa shape index (κ1) is 13.8. The van der Waals surface area contributed by atoms with Crippen molar-refractivity contribution in [2.75, 3.05) is 0 Å². The molecule has 0 aliphatic carbocycles. The number of unbranched alkanes of at least 4 members (excludes halogenated alkanes) is 1. The van der Waals surface area contributed by atoms with Crippen molar-refractivity contribution in [3.05, 3.63) is 66.0 Å². The maximum Gasteiger partial charge on any atom is 0.0541 e. The van der Waals surface area contributed by atoms with Crippen molar-refractivity contribution in [2.24, 2.45) is 0 Å². The monoisotopic (exact) mass is 254 g/mol. The summed E-state index contributed by atoms with van der Waals surface area (Å²) in [5.74, 6) is 0. The van der Waals surface area contributed by atoms with Gasteiger partial charge in [0.05, 0.1) is 5.69 Å². The van der Waals surface area contributed by atoms with Gasteiger partial charge in [-0.15, -0.1) is 0 Å². The molecule has 1 atom stereocenters. The van der Waals surface area contributed by atoms with Gasteiger partial charge in [-0.2, -0.15) is 0 Å². The summed E-state index contributed by atoms with van der Waals surface area (Å²) < 4.78 is 0. The summed E-state index contributed by atoms with van der Waals surface area (Å²) in [5.41, 5.74) is 2.46. The van der Waals surface area contributed by atoms with E-state index in [1.807, 2.05) is 18.3 Å². The number of nitrogens with zero attached hydrogens (tertiary/aromatic N) is 1. The highest BCUT2D eigenvalue weighted by molar-refractivity contribution is 5.19. The summed E-state index contributed by atoms with van der Waals surface area (Å²) >= 11 is 0. The lowest BCUT2D eigenvalue weighted by Gasteiger charge is -2.19. The molecule has 2 nitrogen and oxygen atoms in total. The van der Waals surface area contributed by atoms with Crippen molar-refractivity contribution >= 4 is 0 Å². The minimum atomic E-state index is 0.420. The van der Waals surface area contributed by atoms with E-state index < -0.39 is 0 Å². The Bertz CT molecular complexity index is 453. The molecule has 1 aromatic heterocycles. The Balaban J connectivity index is 1.98. The number of hydrogen-bond acceptors (Lipinski definition) is 2. The highest BCUT2D eigenvalue weighted by Crippen LogP contribution is 2.19. The van der Waals surface area contributed by atoms with Crippen LogP contribution in [0.4, 0.5) is 0 Å². The summed E-state index contributed by atoms with van der Waals surface area (Å²) in [5, 5.41) is 3.62. The van der Waals surface area contributed by atoms with Crippen LogP contribution in [-0.2, 0) is 6.54 Å². The second-order valence-electron chi connectivity index (χ2n) is 4.81. The molecule has 0 aliphatic rings. The van der Waals surface area contributed by atoms with E-state index in [-0.39, 0.29) is 0 Å². The van der Waals surface area contributed by atoms with Crippen molar-refractivity contribution < 1.29 is 0 Å². The Morgan fingerprint density at radius 1 is 1.05 bits per heavy atom. The van der Waals surface area contributed by atoms with Gasteiger partial charge in [-0.25, -0.2) is 0 Å². The molecule has 1 aromatic carbocycles. The van der Waals surface area contributed by atoms with Crippen LogP contribution < -0.4 is 5.32 Å². The predicted octanol–water partition coefficient (Wildman–Crippen LogP) is 4.10. The molecular weight excluding hydrogens is 232 g/mol. The molecule has 0 bridgehead atoms. The van der Waals surface area contributed by atoms with Crippen LogP contribution in [0.5, 0.6) is 0 Å². The molecule has 2 rings (SSSR count). The lowest BCUT2D eigenvalue weighted by molar-refractivity contribution is 0.477. The topological polar surface area (TPSA) is 24.9 Å². The highest BCUT2D eigenvalue weighted by Gasteiger charge is 2.10. The summed E-state index contributed by atoms with van der Waals surface area (Å²) in [6, 6.07) is 17.2. The quantitative estimate of drug-likeness (QED) is 0.804. The average molecular weight is 254 g/mol. The Kier molecular flexibility index (Phi) is 5.57. The molecule has 0 saturated carbocycles. The summed E-state index contributed by atoms with van der Waals surface area (Å²) in [6.45, 7) is 3.06. The highest BCUT2D eigenvalue weighted by atomic mass is 14.9. The molecule has 0 saturated heterocycles. The van der Waals surface area contributed by atoms with Gasteiger partial charge in [-0.1, -0.05) is 56.2 Å². The summed E-state index contributed by atoms with van der Waals surface area (Å²) in [4.78, 5) is 4.36. The van der Waals surface area contributed by atoms with E-state index in [2.05, 4.69) is 53.6 Å². The third-order valence-electron chi connectivity index (χ3n) is 3.30. The van der Waals surface area contributed by atoms with Gasteiger partial charge < -0.3 is 5.32 Å². The van der Waals surface area contributed by atoms with Gasteiger partial charge in [0.15, 0.2) is 0 Å². The maximum atomic E-state index is 4.36. The Morgan fingerprint density at radius 3 is 2.53 bits per heavy atom. The van der Waals surface area contributed by atoms with Crippen LogP contribution in [0.3, 0.4) is 0 Å². The Hall–Kier alpha value is -1.67. The third kappa shape index (κ3) is 4.49. The van der Waals surface area contributed by atoms with E-state index in [1.54, 1.807) is 0 Å². The van der Waals surface area contributed by atoms with E-state index in [0.29, 0.717) is 6.04 Å². The number of benzene rings is 1. The minimum Gasteiger partial charge on any atom is -0.304 e. The van der Waals surface area contributed by atoms with Crippen LogP contribution in [0.1, 0.15) is 43.5 Å². The first-order valence-electron chi connectivity index (χ1n) is 7.08. The molecule has 19 heavy (non-hydrogen) atoms. The van der Waals surface area contributed by atoms with Gasteiger partial charge in [0.2, 0.25) is 0 Å². The predicted molar refractivity (Wildman–Crippen MR) is 79.8 cm³/mol. The van der Waals surface area contributed by atoms with Gasteiger partial charge in [0, 0.05) is 18.8 Å². The maximum absolute atomic E-state index is 4.36. The van der Waals surface area contributed by atoms with E-state index >= 15 is 0 Å². The lowest BCUT2D eigenvalue weighted by Crippen LogP contribution is -2.21. The molecular formula is C17H22N2. The first-order chi connectivity index (χ1) is 9.40. The summed E-state index contributed by atoms with van der Waals surface area (Å²) in [7, 11) is 0. The van der Waals surface area contributed by atoms with E-state index in [0.717, 1.165) is 12.2 Å². The zero-order valence-electron chi connectivity index (χ0n) is 11.5. The van der Waals surface area contributed by atoms with Crippen molar-refractivity contribution in [1.29, 1.82) is 0 Å². The fourth-order valence-corrected chi connectivity index (χ4v) is 2.21. The van der Waals surface area contributed by atoms with Gasteiger partial charge >= 0.3 is 0 Å². The number of pyridine rings is 1. The Morgan fingerprint density at radius 2 is 1.84 bits per heavy atom. The van der Waals surface area contributed by atoms with Crippen molar-refractivity contribution in [3.63, 3.8) is 0 Å². The van der Waals surface area contributed by atoms with Crippen LogP contribution >= 0.6 is 0 Å². The fraction of sp³-hybridized carbons (Fsp3) is 0.353. The first-order valence-corrected chi connectivity index (χ1v) is 7.08. The molecule has 1 N–H and O–H groups in total. The second-order valence-corrected chi connectivity index (χ2v) is 4.81. The fourth-order valence-electron chi connectivity index (χ4n) is 2.21. The molecule has 1 unspecified atom stereocenters. The zero-order valence-corrected chi connectivity index (χ0v) is 11.5. The number of nitrogens with one attached hydrogen (secondary N) is 1. The molecule has 0 amide bonds. The largest absolute Gasteiger partial charge is 0.304 e. The minimum absolute atomic E-state index is 0.420. The molecule has 0 aliphatic heterocycles. The van der Waals surface area contributed by atoms with Crippen LogP contribution in [0.2, 0.25) is 0 Å². The van der Waals surface area contributed by atoms with Crippen molar-refractivity contribution in [3.8, 4) is 0 Å². The number of rotatable bonds is 7. The molecule has 0 radical (unpaired) electrons. The molecule has 0 fully saturated rings. The lowest BCUT2D eigenvalue weighted by atomic mass is 10.0. The smallest absolute Gasteiger partial charge is 0.0541 e. The SMILES string of the molecule is CCCCC(NCc1ccccn1)c1ccccc1. The van der Waals surface area contributed by atoms with Crippen molar-refractivity contribution in [1.82, 2.24) is 10.3 Å². The van der Waals surface area contributed by atoms with Crippen LogP contribution in [0.25, 0.3) is 0 Å². The third-order valence-corrected chi connectivity index (χ3v) is 3.30. The van der Waals surface area contributed by atoms with Crippen LogP contribution in [0, 0.1) is 0 Å². The number of hydrogen-bond donors (Lipinski definition) is 1. The van der Waals surface area contributed by atoms with E-state index in [9.17, 15) is 0 Å². The molecule has 2 heteroatoms. The standard InChI is InChI=1S/C17H22N2/c1-2-3-12-17(15-9-5-4-6-10-15)19-14-16-11-7-8-13-18-16/h4-11,13,17,19H,2-3,12,14H2,1H3. The normalized spacial score (nSPS) is 12.3. The number of aromatic nitrogens is 1. The summed E-state index contributed by atoms with van der Waals surface area (Å²) in [6.07, 6.45) is 5.50. The van der Waals surface area contributed by atoms with Crippen molar-refractivity contribution in [2.45, 2.75) is 38.8 Å². The van der Waals surface area contributed by atoms with Gasteiger partial charge in [-0.05, 0) is 24.1 Å². The zero-order chi connectivity index (χ0) is 13.3. The Labute approximate surface area is 115 Å². The molecule has 1 heterocycles. The molecule has 2 aromatic rings. The van der Waals surface area contributed by atoms with Crippen LogP contribution in [0.15, 0.2) is 54.7 Å². The van der Waals surface area contributed by atoms with Gasteiger partial charge in [0.1, 0.15) is 0 Å².